The van der Waals surface area contributed by atoms with E-state index < -0.39 is 0 Å². The number of fused-ring (bicyclic) bond motifs is 1. The van der Waals surface area contributed by atoms with Crippen LogP contribution in [-0.2, 0) is 24.0 Å². The minimum absolute atomic E-state index is 0.107. The number of ether oxygens (including phenoxy) is 1. The highest BCUT2D eigenvalue weighted by atomic mass is 35.5. The molecular formula is C26H30ClN3O2. The Balaban J connectivity index is 1.71. The van der Waals surface area contributed by atoms with Crippen molar-refractivity contribution < 1.29 is 9.53 Å². The number of aromatic nitrogens is 2. The Labute approximate surface area is 194 Å². The van der Waals surface area contributed by atoms with Crippen molar-refractivity contribution in [3.05, 3.63) is 70.4 Å². The number of amides is 1. The van der Waals surface area contributed by atoms with Gasteiger partial charge in [-0.3, -0.25) is 0 Å². The highest BCUT2D eigenvalue weighted by Gasteiger charge is 2.33. The lowest BCUT2D eigenvalue weighted by Crippen LogP contribution is -2.39. The molecule has 32 heavy (non-hydrogen) atoms. The molecule has 0 fully saturated rings. The maximum atomic E-state index is 12.7. The summed E-state index contributed by atoms with van der Waals surface area (Å²) in [6.45, 7) is 8.76. The number of hydrogen-bond acceptors (Lipinski definition) is 3. The first-order valence-electron chi connectivity index (χ1n) is 11.3. The van der Waals surface area contributed by atoms with E-state index in [-0.39, 0.29) is 18.2 Å². The molecule has 2 aromatic carbocycles. The zero-order valence-corrected chi connectivity index (χ0v) is 19.9. The summed E-state index contributed by atoms with van der Waals surface area (Å²) in [4.78, 5) is 14.4. The van der Waals surface area contributed by atoms with Gasteiger partial charge in [-0.05, 0) is 51.0 Å². The standard InChI is InChI=1S/C26H30ClN3O2/c1-5-18-9-7-8-10-24(18)30-25(19-11-13-20(27)14-12-19)22-15-21(16-23(22)28-30)32-26(31)29(6-2)17(3)4/h7-14,17,21H,5-6,15-16H2,1-4H3. The van der Waals surface area contributed by atoms with Gasteiger partial charge < -0.3 is 9.64 Å². The minimum atomic E-state index is -0.255. The topological polar surface area (TPSA) is 47.4 Å². The smallest absolute Gasteiger partial charge is 0.410 e. The van der Waals surface area contributed by atoms with E-state index in [0.717, 1.165) is 34.6 Å². The van der Waals surface area contributed by atoms with E-state index in [0.29, 0.717) is 24.4 Å². The second-order valence-electron chi connectivity index (χ2n) is 8.47. The van der Waals surface area contributed by atoms with Crippen LogP contribution in [0.25, 0.3) is 16.9 Å². The Hall–Kier alpha value is -2.79. The zero-order valence-electron chi connectivity index (χ0n) is 19.1. The molecule has 0 N–H and O–H groups in total. The van der Waals surface area contributed by atoms with Crippen LogP contribution in [-0.4, -0.2) is 39.5 Å². The summed E-state index contributed by atoms with van der Waals surface area (Å²) in [5.74, 6) is 0. The second-order valence-corrected chi connectivity index (χ2v) is 8.91. The van der Waals surface area contributed by atoms with Gasteiger partial charge in [0.15, 0.2) is 0 Å². The molecule has 5 nitrogen and oxygen atoms in total. The molecule has 0 saturated carbocycles. The Kier molecular flexibility index (Phi) is 6.56. The molecule has 1 heterocycles. The molecule has 0 saturated heterocycles. The van der Waals surface area contributed by atoms with Crippen molar-refractivity contribution in [1.29, 1.82) is 0 Å². The lowest BCUT2D eigenvalue weighted by Gasteiger charge is -2.26. The van der Waals surface area contributed by atoms with Gasteiger partial charge in [-0.2, -0.15) is 5.10 Å². The summed E-state index contributed by atoms with van der Waals surface area (Å²) < 4.78 is 7.94. The molecule has 4 rings (SSSR count). The fourth-order valence-electron chi connectivity index (χ4n) is 4.48. The Morgan fingerprint density at radius 1 is 1.16 bits per heavy atom. The fourth-order valence-corrected chi connectivity index (χ4v) is 4.61. The highest BCUT2D eigenvalue weighted by Crippen LogP contribution is 2.36. The van der Waals surface area contributed by atoms with Crippen LogP contribution in [0.2, 0.25) is 5.02 Å². The molecule has 168 valence electrons. The average Bonchev–Trinajstić information content (AvgIpc) is 3.31. The van der Waals surface area contributed by atoms with Crippen molar-refractivity contribution in [1.82, 2.24) is 14.7 Å². The summed E-state index contributed by atoms with van der Waals surface area (Å²) in [7, 11) is 0. The van der Waals surface area contributed by atoms with Gasteiger partial charge in [0.25, 0.3) is 0 Å². The third kappa shape index (κ3) is 4.26. The van der Waals surface area contributed by atoms with E-state index in [1.165, 1.54) is 5.56 Å². The van der Waals surface area contributed by atoms with Gasteiger partial charge in [0, 0.05) is 41.6 Å². The Morgan fingerprint density at radius 3 is 2.53 bits per heavy atom. The second kappa shape index (κ2) is 9.37. The third-order valence-corrected chi connectivity index (χ3v) is 6.36. The summed E-state index contributed by atoms with van der Waals surface area (Å²) in [6, 6.07) is 16.3. The monoisotopic (exact) mass is 451 g/mol. The maximum Gasteiger partial charge on any atom is 0.410 e. The first kappa shape index (κ1) is 22.4. The molecular weight excluding hydrogens is 422 g/mol. The van der Waals surface area contributed by atoms with Crippen LogP contribution in [0.15, 0.2) is 48.5 Å². The van der Waals surface area contributed by atoms with Crippen LogP contribution >= 0.6 is 11.6 Å². The van der Waals surface area contributed by atoms with Gasteiger partial charge in [0.1, 0.15) is 6.10 Å². The Morgan fingerprint density at radius 2 is 1.88 bits per heavy atom. The van der Waals surface area contributed by atoms with Crippen molar-refractivity contribution in [3.63, 3.8) is 0 Å². The van der Waals surface area contributed by atoms with E-state index in [9.17, 15) is 4.79 Å². The number of para-hydroxylation sites is 1. The summed E-state index contributed by atoms with van der Waals surface area (Å²) in [6.07, 6.45) is 1.75. The quantitative estimate of drug-likeness (QED) is 0.455. The van der Waals surface area contributed by atoms with Crippen LogP contribution in [0.3, 0.4) is 0 Å². The van der Waals surface area contributed by atoms with Gasteiger partial charge in [-0.1, -0.05) is 48.9 Å². The van der Waals surface area contributed by atoms with Crippen LogP contribution in [0, 0.1) is 0 Å². The van der Waals surface area contributed by atoms with E-state index in [2.05, 4.69) is 29.8 Å². The van der Waals surface area contributed by atoms with Crippen LogP contribution in [0.5, 0.6) is 0 Å². The summed E-state index contributed by atoms with van der Waals surface area (Å²) >= 11 is 6.16. The molecule has 1 unspecified atom stereocenters. The molecule has 1 atom stereocenters. The zero-order chi connectivity index (χ0) is 22.8. The van der Waals surface area contributed by atoms with Crippen LogP contribution in [0.4, 0.5) is 4.79 Å². The van der Waals surface area contributed by atoms with Gasteiger partial charge in [-0.15, -0.1) is 0 Å². The summed E-state index contributed by atoms with van der Waals surface area (Å²) in [5.41, 5.74) is 6.56. The number of hydrogen-bond donors (Lipinski definition) is 0. The molecule has 0 bridgehead atoms. The molecule has 0 radical (unpaired) electrons. The molecule has 0 aliphatic heterocycles. The SMILES string of the molecule is CCc1ccccc1-n1nc2c(c1-c1ccc(Cl)cc1)CC(OC(=O)N(CC)C(C)C)C2. The van der Waals surface area contributed by atoms with Crippen molar-refractivity contribution in [3.8, 4) is 16.9 Å². The van der Waals surface area contributed by atoms with Crippen LogP contribution in [0.1, 0.15) is 44.5 Å². The van der Waals surface area contributed by atoms with Crippen molar-refractivity contribution in [2.45, 2.75) is 59.1 Å². The average molecular weight is 452 g/mol. The number of carbonyl (C=O) groups excluding carboxylic acids is 1. The predicted molar refractivity (Wildman–Crippen MR) is 129 cm³/mol. The lowest BCUT2D eigenvalue weighted by molar-refractivity contribution is 0.0599. The number of aryl methyl sites for hydroxylation is 1. The Bertz CT molecular complexity index is 1100. The first-order chi connectivity index (χ1) is 15.4. The molecule has 0 spiro atoms. The minimum Gasteiger partial charge on any atom is -0.445 e. The molecule has 1 amide bonds. The van der Waals surface area contributed by atoms with Gasteiger partial charge in [0.05, 0.1) is 17.1 Å². The van der Waals surface area contributed by atoms with Gasteiger partial charge in [-0.25, -0.2) is 9.48 Å². The number of carbonyl (C=O) groups is 1. The van der Waals surface area contributed by atoms with Crippen molar-refractivity contribution in [2.24, 2.45) is 0 Å². The van der Waals surface area contributed by atoms with E-state index >= 15 is 0 Å². The number of halogens is 1. The fraction of sp³-hybridized carbons (Fsp3) is 0.385. The van der Waals surface area contributed by atoms with E-state index in [1.54, 1.807) is 4.90 Å². The molecule has 1 aliphatic rings. The summed E-state index contributed by atoms with van der Waals surface area (Å²) in [5, 5.41) is 5.70. The molecule has 1 aromatic heterocycles. The molecule has 6 heteroatoms. The molecule has 3 aromatic rings. The third-order valence-electron chi connectivity index (χ3n) is 6.10. The predicted octanol–water partition coefficient (Wildman–Crippen LogP) is 6.09. The van der Waals surface area contributed by atoms with Crippen LogP contribution < -0.4 is 0 Å². The number of nitrogens with zero attached hydrogens (tertiary/aromatic N) is 3. The number of benzene rings is 2. The number of rotatable bonds is 6. The first-order valence-corrected chi connectivity index (χ1v) is 11.7. The van der Waals surface area contributed by atoms with Gasteiger partial charge >= 0.3 is 6.09 Å². The van der Waals surface area contributed by atoms with Crippen molar-refractivity contribution >= 4 is 17.7 Å². The maximum absolute atomic E-state index is 12.7. The van der Waals surface area contributed by atoms with E-state index in [1.807, 2.05) is 51.1 Å². The lowest BCUT2D eigenvalue weighted by atomic mass is 10.0. The van der Waals surface area contributed by atoms with Gasteiger partial charge in [0.2, 0.25) is 0 Å². The highest BCUT2D eigenvalue weighted by molar-refractivity contribution is 6.30. The normalized spacial score (nSPS) is 15.1. The van der Waals surface area contributed by atoms with Crippen molar-refractivity contribution in [2.75, 3.05) is 6.54 Å². The van der Waals surface area contributed by atoms with E-state index in [4.69, 9.17) is 21.4 Å². The molecule has 1 aliphatic carbocycles. The largest absolute Gasteiger partial charge is 0.445 e.